The van der Waals surface area contributed by atoms with Crippen LogP contribution in [0.25, 0.3) is 10.9 Å². The van der Waals surface area contributed by atoms with E-state index in [0.717, 1.165) is 53.6 Å². The van der Waals surface area contributed by atoms with E-state index in [-0.39, 0.29) is 23.3 Å². The van der Waals surface area contributed by atoms with Crippen molar-refractivity contribution in [1.82, 2.24) is 8.51 Å². The number of piperidine rings is 3. The van der Waals surface area contributed by atoms with E-state index >= 15 is 0 Å². The number of aromatic amines is 1. The van der Waals surface area contributed by atoms with E-state index < -0.39 is 33.5 Å². The van der Waals surface area contributed by atoms with E-state index in [4.69, 9.17) is 4.74 Å². The maximum atomic E-state index is 12.0. The van der Waals surface area contributed by atoms with Crippen LogP contribution < -0.4 is 30.8 Å². The summed E-state index contributed by atoms with van der Waals surface area (Å²) >= 11 is -0.470. The average Bonchev–Trinajstić information content (AvgIpc) is 3.53. The molecule has 1 saturated carbocycles. The SMILES string of the molecule is O=c1ccc2c(C(O)CN[I-][N+]34CCC(CC3)C(OCC(O)(c3ccccc3)C3CCCC3)C4)ccc(O)c2[nH]1. The topological polar surface area (TPSA) is 115 Å². The molecule has 2 aromatic carbocycles. The Hall–Kier alpha value is -2.02. The summed E-state index contributed by atoms with van der Waals surface area (Å²) in [6.07, 6.45) is 6.10. The Labute approximate surface area is 245 Å². The van der Waals surface area contributed by atoms with Crippen LogP contribution in [0, 0.1) is 11.8 Å². The molecule has 0 radical (unpaired) electrons. The van der Waals surface area contributed by atoms with E-state index in [0.29, 0.717) is 35.5 Å². The number of hydrogen-bond acceptors (Lipinski definition) is 6. The fourth-order valence-electron chi connectivity index (χ4n) is 7.08. The molecule has 1 aromatic heterocycles. The van der Waals surface area contributed by atoms with Gasteiger partial charge < -0.3 is 0 Å². The Morgan fingerprint density at radius 3 is 2.55 bits per heavy atom. The molecule has 2 bridgehead atoms. The van der Waals surface area contributed by atoms with Gasteiger partial charge in [0.15, 0.2) is 0 Å². The second-order valence-electron chi connectivity index (χ2n) is 11.8. The summed E-state index contributed by atoms with van der Waals surface area (Å²) in [6.45, 7) is 3.99. The van der Waals surface area contributed by atoms with Gasteiger partial charge in [-0.15, -0.1) is 0 Å². The molecule has 216 valence electrons. The first-order valence-electron chi connectivity index (χ1n) is 14.5. The zero-order chi connectivity index (χ0) is 27.7. The minimum absolute atomic E-state index is 0.00306. The van der Waals surface area contributed by atoms with Crippen LogP contribution in [0.2, 0.25) is 0 Å². The zero-order valence-electron chi connectivity index (χ0n) is 22.8. The van der Waals surface area contributed by atoms with Gasteiger partial charge in [0.1, 0.15) is 0 Å². The van der Waals surface area contributed by atoms with Crippen LogP contribution in [-0.4, -0.2) is 61.9 Å². The van der Waals surface area contributed by atoms with E-state index in [2.05, 4.69) is 8.51 Å². The van der Waals surface area contributed by atoms with Gasteiger partial charge in [-0.1, -0.05) is 0 Å². The molecule has 40 heavy (non-hydrogen) atoms. The number of halogens is 1. The number of phenols is 1. The molecule has 3 saturated heterocycles. The fraction of sp³-hybridized carbons (Fsp3) is 0.516. The molecule has 3 aliphatic heterocycles. The number of phenolic OH excluding ortho intramolecular Hbond substituents is 1. The number of nitrogens with zero attached hydrogens (tertiary/aromatic N) is 1. The standard InChI is InChI=1S/C31H40IN3O5/c36-26-12-10-24(25-11-13-29(38)34-30(25)26)27(37)18-33-32-35-16-14-21(15-17-35)28(19-35)40-20-31(39,23-8-4-5-9-23)22-6-2-1-3-7-22/h1-3,6-7,10-13,21,23,27-28,33,36-37,39H,4-5,8-9,14-20H2,(H,34,38). The number of H-pyrrole nitrogens is 1. The number of benzene rings is 2. The van der Waals surface area contributed by atoms with Crippen LogP contribution in [0.5, 0.6) is 5.75 Å². The number of hydrogen-bond donors (Lipinski definition) is 5. The van der Waals surface area contributed by atoms with Gasteiger partial charge in [0, 0.05) is 0 Å². The number of nitrogens with one attached hydrogen (secondary N) is 2. The van der Waals surface area contributed by atoms with E-state index in [1.807, 2.05) is 30.3 Å². The monoisotopic (exact) mass is 661 g/mol. The van der Waals surface area contributed by atoms with Gasteiger partial charge in [-0.3, -0.25) is 0 Å². The number of aromatic nitrogens is 1. The van der Waals surface area contributed by atoms with Crippen LogP contribution in [0.1, 0.15) is 55.8 Å². The first-order valence-corrected chi connectivity index (χ1v) is 16.6. The van der Waals surface area contributed by atoms with Crippen LogP contribution in [0.3, 0.4) is 0 Å². The number of rotatable bonds is 10. The van der Waals surface area contributed by atoms with Gasteiger partial charge in [0.2, 0.25) is 0 Å². The number of aliphatic hydroxyl groups excluding tert-OH is 1. The number of aromatic hydroxyl groups is 1. The third-order valence-electron chi connectivity index (χ3n) is 9.43. The van der Waals surface area contributed by atoms with Gasteiger partial charge >= 0.3 is 247 Å². The van der Waals surface area contributed by atoms with Crippen molar-refractivity contribution in [3.05, 3.63) is 76.1 Å². The number of pyridine rings is 1. The van der Waals surface area contributed by atoms with Gasteiger partial charge in [0.05, 0.1) is 0 Å². The predicted molar refractivity (Wildman–Crippen MR) is 149 cm³/mol. The summed E-state index contributed by atoms with van der Waals surface area (Å²) in [7, 11) is 0. The molecule has 3 atom stereocenters. The summed E-state index contributed by atoms with van der Waals surface area (Å²) in [6, 6.07) is 16.4. The molecule has 4 fully saturated rings. The van der Waals surface area contributed by atoms with Crippen LogP contribution in [0.15, 0.2) is 59.4 Å². The third-order valence-corrected chi connectivity index (χ3v) is 12.6. The van der Waals surface area contributed by atoms with Gasteiger partial charge in [0.25, 0.3) is 0 Å². The summed E-state index contributed by atoms with van der Waals surface area (Å²) in [5.41, 5.74) is 0.785. The van der Waals surface area contributed by atoms with Crippen molar-refractivity contribution >= 4 is 10.9 Å². The molecule has 7 rings (SSSR count). The first-order chi connectivity index (χ1) is 19.4. The molecule has 4 aliphatic rings. The second kappa shape index (κ2) is 11.7. The van der Waals surface area contributed by atoms with Crippen molar-refractivity contribution in [2.24, 2.45) is 11.8 Å². The van der Waals surface area contributed by atoms with Crippen LogP contribution in [0.4, 0.5) is 0 Å². The average molecular weight is 662 g/mol. The van der Waals surface area contributed by atoms with Crippen molar-refractivity contribution in [3.8, 4) is 5.75 Å². The maximum absolute atomic E-state index is 12.0. The summed E-state index contributed by atoms with van der Waals surface area (Å²) in [5, 5.41) is 33.8. The Bertz CT molecular complexity index is 1370. The Morgan fingerprint density at radius 2 is 1.80 bits per heavy atom. The quantitative estimate of drug-likeness (QED) is 0.160. The zero-order valence-corrected chi connectivity index (χ0v) is 24.9. The molecule has 0 amide bonds. The molecule has 8 nitrogen and oxygen atoms in total. The predicted octanol–water partition coefficient (Wildman–Crippen LogP) is 0.479. The molecule has 4 heterocycles. The Morgan fingerprint density at radius 1 is 1.05 bits per heavy atom. The Kier molecular flexibility index (Phi) is 8.22. The van der Waals surface area contributed by atoms with Crippen LogP contribution in [-0.2, 0) is 10.3 Å². The first kappa shape index (κ1) is 28.1. The fourth-order valence-corrected chi connectivity index (χ4v) is 10.0. The van der Waals surface area contributed by atoms with Crippen molar-refractivity contribution in [3.63, 3.8) is 0 Å². The molecule has 3 aromatic rings. The van der Waals surface area contributed by atoms with E-state index in [1.165, 1.54) is 25.0 Å². The second-order valence-corrected chi connectivity index (χ2v) is 15.1. The normalized spacial score (nSPS) is 27.2. The molecular formula is C31H40IN3O5. The molecule has 0 spiro atoms. The number of quaternary nitrogens is 1. The van der Waals surface area contributed by atoms with Gasteiger partial charge in [-0.2, -0.15) is 0 Å². The number of aliphatic hydroxyl groups is 2. The van der Waals surface area contributed by atoms with Gasteiger partial charge in [-0.05, 0) is 0 Å². The third kappa shape index (κ3) is 5.56. The summed E-state index contributed by atoms with van der Waals surface area (Å²) in [4.78, 5) is 14.4. The van der Waals surface area contributed by atoms with Crippen molar-refractivity contribution in [2.75, 3.05) is 32.8 Å². The number of ether oxygens (including phenoxy) is 1. The van der Waals surface area contributed by atoms with Crippen molar-refractivity contribution in [1.29, 1.82) is 0 Å². The molecule has 1 aliphatic carbocycles. The number of fused-ring (bicyclic) bond motifs is 4. The minimum atomic E-state index is -0.941. The molecular weight excluding hydrogens is 621 g/mol. The van der Waals surface area contributed by atoms with E-state index in [1.54, 1.807) is 12.1 Å². The van der Waals surface area contributed by atoms with Crippen molar-refractivity contribution < 1.29 is 44.5 Å². The Balaban J connectivity index is 1.10. The molecule has 9 heteroatoms. The van der Waals surface area contributed by atoms with Gasteiger partial charge in [-0.25, -0.2) is 0 Å². The summed E-state index contributed by atoms with van der Waals surface area (Å²) < 4.78 is 11.3. The van der Waals surface area contributed by atoms with E-state index in [9.17, 15) is 20.1 Å². The molecule has 3 unspecified atom stereocenters. The molecule has 5 N–H and O–H groups in total. The summed E-state index contributed by atoms with van der Waals surface area (Å²) in [5.74, 6) is 0.781. The van der Waals surface area contributed by atoms with Crippen LogP contribution >= 0.6 is 0 Å². The van der Waals surface area contributed by atoms with Crippen molar-refractivity contribution in [2.45, 2.75) is 56.3 Å².